The number of aromatic amines is 1. The fourth-order valence-electron chi connectivity index (χ4n) is 5.59. The van der Waals surface area contributed by atoms with Crippen LogP contribution in [-0.2, 0) is 22.4 Å². The van der Waals surface area contributed by atoms with Gasteiger partial charge in [-0.2, -0.15) is 0 Å². The van der Waals surface area contributed by atoms with Gasteiger partial charge < -0.3 is 30.0 Å². The van der Waals surface area contributed by atoms with Crippen LogP contribution in [0.25, 0.3) is 16.9 Å². The molecular weight excluding hydrogens is 711 g/mol. The molecule has 52 heavy (non-hydrogen) atoms. The maximum atomic E-state index is 13.5. The minimum absolute atomic E-state index is 0.0906. The number of morpholine rings is 1. The summed E-state index contributed by atoms with van der Waals surface area (Å²) in [6, 6.07) is 18.2. The van der Waals surface area contributed by atoms with Crippen LogP contribution in [0.4, 0.5) is 15.3 Å². The molecule has 1 atom stereocenters. The Morgan fingerprint density at radius 2 is 1.85 bits per heavy atom. The zero-order valence-electron chi connectivity index (χ0n) is 28.1. The van der Waals surface area contributed by atoms with E-state index in [0.717, 1.165) is 5.56 Å². The van der Waals surface area contributed by atoms with Gasteiger partial charge in [-0.15, -0.1) is 5.10 Å². The van der Waals surface area contributed by atoms with E-state index in [2.05, 4.69) is 36.5 Å². The maximum absolute atomic E-state index is 13.5. The van der Waals surface area contributed by atoms with Crippen LogP contribution in [0.2, 0.25) is 10.2 Å². The summed E-state index contributed by atoms with van der Waals surface area (Å²) in [7, 11) is 0. The molecule has 3 heterocycles. The van der Waals surface area contributed by atoms with E-state index in [1.54, 1.807) is 53.4 Å². The summed E-state index contributed by atoms with van der Waals surface area (Å²) in [5.74, 6) is 0.301. The summed E-state index contributed by atoms with van der Waals surface area (Å²) >= 11 is 13.0. The Kier molecular flexibility index (Phi) is 12.0. The number of ether oxygens (including phenoxy) is 2. The van der Waals surface area contributed by atoms with Crippen LogP contribution in [0, 0.1) is 0 Å². The first-order valence-corrected chi connectivity index (χ1v) is 17.3. The molecule has 5 aromatic rings. The van der Waals surface area contributed by atoms with Gasteiger partial charge in [-0.05, 0) is 76.9 Å². The Bertz CT molecular complexity index is 2000. The Morgan fingerprint density at radius 1 is 1.04 bits per heavy atom. The lowest BCUT2D eigenvalue weighted by molar-refractivity contribution is 0.0303. The molecule has 4 amide bonds. The summed E-state index contributed by atoms with van der Waals surface area (Å²) in [5.41, 5.74) is 4.32. The lowest BCUT2D eigenvalue weighted by Crippen LogP contribution is -2.40. The van der Waals surface area contributed by atoms with Crippen molar-refractivity contribution in [1.29, 1.82) is 0 Å². The molecule has 1 fully saturated rings. The number of anilines is 1. The van der Waals surface area contributed by atoms with Crippen molar-refractivity contribution in [1.82, 2.24) is 45.7 Å². The average molecular weight is 748 g/mol. The SMILES string of the molecule is CCCOC(=O)Nc1ccc(-c2nc([C@H](Cc3cccc(C(=O)N4CCOCC4)c3)NC(=O)NCc3cc(Cl)ccc3-n3cnnn3)[nH]c2Cl)cc1. The molecule has 1 aliphatic rings. The van der Waals surface area contributed by atoms with Crippen LogP contribution in [0.3, 0.4) is 0 Å². The summed E-state index contributed by atoms with van der Waals surface area (Å²) < 4.78 is 12.0. The number of amides is 4. The van der Waals surface area contributed by atoms with Crippen molar-refractivity contribution in [3.8, 4) is 16.9 Å². The first-order chi connectivity index (χ1) is 25.3. The molecule has 0 unspecified atom stereocenters. The summed E-state index contributed by atoms with van der Waals surface area (Å²) in [4.78, 5) is 48.5. The summed E-state index contributed by atoms with van der Waals surface area (Å²) in [5, 5.41) is 20.7. The number of carbonyl (C=O) groups excluding carboxylic acids is 3. The van der Waals surface area contributed by atoms with Gasteiger partial charge >= 0.3 is 12.1 Å². The van der Waals surface area contributed by atoms with Crippen LogP contribution in [-0.4, -0.2) is 86.0 Å². The van der Waals surface area contributed by atoms with Crippen LogP contribution < -0.4 is 16.0 Å². The van der Waals surface area contributed by atoms with E-state index in [1.807, 2.05) is 25.1 Å². The van der Waals surface area contributed by atoms with E-state index in [9.17, 15) is 14.4 Å². The number of H-pyrrole nitrogens is 1. The smallest absolute Gasteiger partial charge is 0.411 e. The molecule has 0 radical (unpaired) electrons. The minimum Gasteiger partial charge on any atom is -0.449 e. The third-order valence-electron chi connectivity index (χ3n) is 8.14. The van der Waals surface area contributed by atoms with E-state index < -0.39 is 18.2 Å². The van der Waals surface area contributed by atoms with Crippen molar-refractivity contribution in [3.05, 3.63) is 106 Å². The maximum Gasteiger partial charge on any atom is 0.411 e. The molecule has 15 nitrogen and oxygen atoms in total. The Hall–Kier alpha value is -5.51. The van der Waals surface area contributed by atoms with Crippen molar-refractivity contribution in [2.75, 3.05) is 38.2 Å². The Labute approximate surface area is 309 Å². The lowest BCUT2D eigenvalue weighted by atomic mass is 10.0. The largest absolute Gasteiger partial charge is 0.449 e. The van der Waals surface area contributed by atoms with Crippen molar-refractivity contribution in [2.45, 2.75) is 32.4 Å². The van der Waals surface area contributed by atoms with Crippen LogP contribution in [0.1, 0.15) is 46.7 Å². The number of halogens is 2. The van der Waals surface area contributed by atoms with Gasteiger partial charge in [-0.3, -0.25) is 10.1 Å². The molecule has 3 aromatic carbocycles. The second kappa shape index (κ2) is 17.1. The molecule has 0 saturated carbocycles. The first kappa shape index (κ1) is 36.3. The second-order valence-corrected chi connectivity index (χ2v) is 12.7. The molecule has 1 aliphatic heterocycles. The van der Waals surface area contributed by atoms with E-state index in [1.165, 1.54) is 11.0 Å². The van der Waals surface area contributed by atoms with Gasteiger partial charge in [0.05, 0.1) is 31.5 Å². The number of rotatable bonds is 12. The molecule has 6 rings (SSSR count). The molecule has 0 bridgehead atoms. The number of carbonyl (C=O) groups is 3. The number of nitrogens with one attached hydrogen (secondary N) is 4. The number of hydrogen-bond donors (Lipinski definition) is 4. The van der Waals surface area contributed by atoms with E-state index in [0.29, 0.717) is 83.9 Å². The van der Waals surface area contributed by atoms with E-state index in [4.69, 9.17) is 37.7 Å². The number of tetrazole rings is 1. The molecular formula is C35H36Cl2N10O5. The van der Waals surface area contributed by atoms with Gasteiger partial charge in [0.15, 0.2) is 0 Å². The Morgan fingerprint density at radius 3 is 2.60 bits per heavy atom. The molecule has 1 saturated heterocycles. The fraction of sp³-hybridized carbons (Fsp3) is 0.286. The third-order valence-corrected chi connectivity index (χ3v) is 8.65. The number of aromatic nitrogens is 6. The number of urea groups is 1. The van der Waals surface area contributed by atoms with Crippen molar-refractivity contribution in [2.24, 2.45) is 0 Å². The highest BCUT2D eigenvalue weighted by Crippen LogP contribution is 2.30. The van der Waals surface area contributed by atoms with E-state index >= 15 is 0 Å². The molecule has 2 aromatic heterocycles. The average Bonchev–Trinajstić information content (AvgIpc) is 3.84. The predicted molar refractivity (Wildman–Crippen MR) is 193 cm³/mol. The number of imidazole rings is 1. The second-order valence-electron chi connectivity index (χ2n) is 11.8. The summed E-state index contributed by atoms with van der Waals surface area (Å²) in [6.45, 7) is 4.35. The third kappa shape index (κ3) is 9.23. The zero-order valence-corrected chi connectivity index (χ0v) is 29.7. The first-order valence-electron chi connectivity index (χ1n) is 16.6. The molecule has 270 valence electrons. The molecule has 0 aliphatic carbocycles. The van der Waals surface area contributed by atoms with Crippen LogP contribution >= 0.6 is 23.2 Å². The van der Waals surface area contributed by atoms with Crippen molar-refractivity contribution >= 4 is 46.9 Å². The topological polar surface area (TPSA) is 181 Å². The van der Waals surface area contributed by atoms with Gasteiger partial charge in [-0.1, -0.05) is 54.4 Å². The number of hydrogen-bond acceptors (Lipinski definition) is 9. The van der Waals surface area contributed by atoms with Gasteiger partial charge in [-0.25, -0.2) is 19.3 Å². The van der Waals surface area contributed by atoms with Gasteiger partial charge in [0.25, 0.3) is 5.91 Å². The van der Waals surface area contributed by atoms with E-state index in [-0.39, 0.29) is 24.0 Å². The monoisotopic (exact) mass is 746 g/mol. The Balaban J connectivity index is 1.23. The number of nitrogens with zero attached hydrogens (tertiary/aromatic N) is 6. The molecule has 0 spiro atoms. The van der Waals surface area contributed by atoms with Crippen molar-refractivity contribution < 1.29 is 23.9 Å². The predicted octanol–water partition coefficient (Wildman–Crippen LogP) is 5.57. The van der Waals surface area contributed by atoms with Crippen LogP contribution in [0.5, 0.6) is 0 Å². The highest BCUT2D eigenvalue weighted by molar-refractivity contribution is 6.32. The highest BCUT2D eigenvalue weighted by Gasteiger charge is 2.24. The fourth-order valence-corrected chi connectivity index (χ4v) is 6.04. The van der Waals surface area contributed by atoms with Crippen LogP contribution in [0.15, 0.2) is 73.1 Å². The highest BCUT2D eigenvalue weighted by atomic mass is 35.5. The summed E-state index contributed by atoms with van der Waals surface area (Å²) in [6.07, 6.45) is 1.90. The quantitative estimate of drug-likeness (QED) is 0.127. The van der Waals surface area contributed by atoms with Gasteiger partial charge in [0.1, 0.15) is 23.0 Å². The molecule has 4 N–H and O–H groups in total. The molecule has 17 heteroatoms. The van der Waals surface area contributed by atoms with Gasteiger partial charge in [0.2, 0.25) is 0 Å². The normalized spacial score (nSPS) is 13.3. The number of benzene rings is 3. The van der Waals surface area contributed by atoms with Crippen molar-refractivity contribution in [3.63, 3.8) is 0 Å². The lowest BCUT2D eigenvalue weighted by Gasteiger charge is -2.27. The standard InChI is InChI=1S/C35H36Cl2N10O5/c1-2-14-52-35(50)40-27-9-6-23(7-10-27)30-31(37)43-32(42-30)28(18-22-4-3-5-24(17-22)33(48)46-12-15-51-16-13-46)41-34(49)38-20-25-19-26(36)8-11-29(25)47-21-39-44-45-47/h3-11,17,19,21,28H,2,12-16,18,20H2,1H3,(H,40,50)(H,42,43)(H2,38,41,49)/t28-/m0/s1. The zero-order chi connectivity index (χ0) is 36.5. The van der Waals surface area contributed by atoms with Gasteiger partial charge in [0, 0.05) is 41.5 Å². The minimum atomic E-state index is -0.701.